The minimum atomic E-state index is -4.55. The van der Waals surface area contributed by atoms with Crippen LogP contribution in [0.15, 0.2) is 18.5 Å². The molecule has 0 spiro atoms. The second-order valence-electron chi connectivity index (χ2n) is 3.94. The fourth-order valence-electron chi connectivity index (χ4n) is 1.50. The van der Waals surface area contributed by atoms with Gasteiger partial charge in [-0.05, 0) is 5.56 Å². The third-order valence-corrected chi connectivity index (χ3v) is 2.43. The summed E-state index contributed by atoms with van der Waals surface area (Å²) in [5.41, 5.74) is 4.69. The van der Waals surface area contributed by atoms with Crippen molar-refractivity contribution < 1.29 is 23.1 Å². The smallest absolute Gasteiger partial charge is 0.435 e. The highest BCUT2D eigenvalue weighted by Crippen LogP contribution is 2.28. The summed E-state index contributed by atoms with van der Waals surface area (Å²) < 4.78 is 38.3. The molecule has 9 heteroatoms. The van der Waals surface area contributed by atoms with E-state index in [9.17, 15) is 18.0 Å². The summed E-state index contributed by atoms with van der Waals surface area (Å²) in [6.07, 6.45) is -2.04. The molecule has 0 saturated heterocycles. The highest BCUT2D eigenvalue weighted by molar-refractivity contribution is 5.73. The molecule has 2 rings (SSSR count). The normalized spacial score (nSPS) is 13.7. The molecule has 0 bridgehead atoms. The monoisotopic (exact) mass is 274 g/mol. The molecule has 0 amide bonds. The van der Waals surface area contributed by atoms with Crippen molar-refractivity contribution >= 4 is 11.6 Å². The molecule has 0 aliphatic heterocycles. The Balaban J connectivity index is 2.33. The van der Waals surface area contributed by atoms with Gasteiger partial charge in [-0.3, -0.25) is 4.79 Å². The first-order chi connectivity index (χ1) is 8.77. The van der Waals surface area contributed by atoms with Crippen LogP contribution in [-0.2, 0) is 17.4 Å². The lowest BCUT2D eigenvalue weighted by Gasteiger charge is -2.05. The maximum Gasteiger partial charge on any atom is 0.435 e. The number of nitrogens with zero attached hydrogens (tertiary/aromatic N) is 3. The maximum absolute atomic E-state index is 12.4. The average Bonchev–Trinajstić information content (AvgIpc) is 2.71. The zero-order valence-corrected chi connectivity index (χ0v) is 9.42. The van der Waals surface area contributed by atoms with Crippen molar-refractivity contribution in [1.29, 1.82) is 0 Å². The van der Waals surface area contributed by atoms with Crippen LogP contribution < -0.4 is 5.73 Å². The Hall–Kier alpha value is -2.16. The van der Waals surface area contributed by atoms with Gasteiger partial charge in [0.1, 0.15) is 6.04 Å². The minimum absolute atomic E-state index is 0.0278. The second-order valence-corrected chi connectivity index (χ2v) is 3.94. The third kappa shape index (κ3) is 2.81. The quantitative estimate of drug-likeness (QED) is 0.859. The number of carboxylic acid groups (broad SMARTS) is 1. The van der Waals surface area contributed by atoms with Gasteiger partial charge in [0.25, 0.3) is 0 Å². The van der Waals surface area contributed by atoms with Gasteiger partial charge in [-0.2, -0.15) is 18.3 Å². The number of carboxylic acids is 1. The first-order valence-electron chi connectivity index (χ1n) is 5.17. The van der Waals surface area contributed by atoms with Gasteiger partial charge in [0, 0.05) is 24.9 Å². The van der Waals surface area contributed by atoms with Crippen molar-refractivity contribution in [1.82, 2.24) is 14.6 Å². The summed E-state index contributed by atoms with van der Waals surface area (Å²) >= 11 is 0. The molecule has 0 aliphatic rings. The number of hydrogen-bond donors (Lipinski definition) is 2. The Kier molecular flexibility index (Phi) is 3.14. The van der Waals surface area contributed by atoms with Gasteiger partial charge in [-0.15, -0.1) is 0 Å². The molecule has 0 saturated carbocycles. The van der Waals surface area contributed by atoms with Crippen LogP contribution in [0.5, 0.6) is 0 Å². The molecule has 6 nitrogen and oxygen atoms in total. The average molecular weight is 274 g/mol. The van der Waals surface area contributed by atoms with Gasteiger partial charge in [-0.1, -0.05) is 0 Å². The Labute approximate surface area is 104 Å². The lowest BCUT2D eigenvalue weighted by atomic mass is 10.1. The van der Waals surface area contributed by atoms with Gasteiger partial charge in [0.15, 0.2) is 11.3 Å². The predicted octanol–water partition coefficient (Wildman–Crippen LogP) is 0.703. The SMILES string of the molecule is NC(Cc1cnc2cc(C(F)(F)F)nn2c1)C(=O)O. The Morgan fingerprint density at radius 1 is 1.53 bits per heavy atom. The number of nitrogens with two attached hydrogens (primary N) is 1. The summed E-state index contributed by atoms with van der Waals surface area (Å²) in [6.45, 7) is 0. The van der Waals surface area contributed by atoms with E-state index in [2.05, 4.69) is 10.1 Å². The molecule has 1 unspecified atom stereocenters. The van der Waals surface area contributed by atoms with Crippen LogP contribution >= 0.6 is 0 Å². The number of alkyl halides is 3. The van der Waals surface area contributed by atoms with E-state index in [4.69, 9.17) is 10.8 Å². The lowest BCUT2D eigenvalue weighted by Crippen LogP contribution is -2.32. The fourth-order valence-corrected chi connectivity index (χ4v) is 1.50. The Bertz CT molecular complexity index is 623. The summed E-state index contributed by atoms with van der Waals surface area (Å²) in [6, 6.07) is -0.335. The van der Waals surface area contributed by atoms with Crippen molar-refractivity contribution in [3.63, 3.8) is 0 Å². The van der Waals surface area contributed by atoms with E-state index in [1.54, 1.807) is 0 Å². The standard InChI is InChI=1S/C10H9F3N4O2/c11-10(12,13)7-2-8-15-3-5(4-17(8)16-7)1-6(14)9(18)19/h2-4,6H,1,14H2,(H,18,19). The molecule has 102 valence electrons. The summed E-state index contributed by atoms with van der Waals surface area (Å²) in [5, 5.41) is 12.0. The van der Waals surface area contributed by atoms with Crippen LogP contribution in [0.2, 0.25) is 0 Å². The molecular weight excluding hydrogens is 265 g/mol. The van der Waals surface area contributed by atoms with Crippen LogP contribution in [0.3, 0.4) is 0 Å². The van der Waals surface area contributed by atoms with E-state index in [0.29, 0.717) is 5.56 Å². The number of fused-ring (bicyclic) bond motifs is 1. The number of aliphatic carboxylic acids is 1. The van der Waals surface area contributed by atoms with Crippen LogP contribution in [0, 0.1) is 0 Å². The summed E-state index contributed by atoms with van der Waals surface area (Å²) in [5.74, 6) is -1.20. The van der Waals surface area contributed by atoms with E-state index in [0.717, 1.165) is 10.6 Å². The fraction of sp³-hybridized carbons (Fsp3) is 0.300. The number of rotatable bonds is 3. The molecule has 3 N–H and O–H groups in total. The molecule has 2 heterocycles. The molecule has 0 aromatic carbocycles. The molecular formula is C10H9F3N4O2. The molecule has 1 atom stereocenters. The van der Waals surface area contributed by atoms with Crippen molar-refractivity contribution in [2.75, 3.05) is 0 Å². The molecule has 2 aromatic heterocycles. The Morgan fingerprint density at radius 3 is 2.79 bits per heavy atom. The van der Waals surface area contributed by atoms with Gasteiger partial charge in [-0.25, -0.2) is 9.50 Å². The van der Waals surface area contributed by atoms with Gasteiger partial charge in [0.05, 0.1) is 0 Å². The highest BCUT2D eigenvalue weighted by Gasteiger charge is 2.34. The van der Waals surface area contributed by atoms with E-state index >= 15 is 0 Å². The van der Waals surface area contributed by atoms with E-state index in [1.807, 2.05) is 0 Å². The molecule has 2 aromatic rings. The van der Waals surface area contributed by atoms with E-state index in [1.165, 1.54) is 12.4 Å². The van der Waals surface area contributed by atoms with Crippen LogP contribution in [-0.4, -0.2) is 31.7 Å². The highest BCUT2D eigenvalue weighted by atomic mass is 19.4. The van der Waals surface area contributed by atoms with E-state index < -0.39 is 23.9 Å². The van der Waals surface area contributed by atoms with Crippen LogP contribution in [0.4, 0.5) is 13.2 Å². The van der Waals surface area contributed by atoms with Crippen molar-refractivity contribution in [3.05, 3.63) is 29.7 Å². The molecule has 0 radical (unpaired) electrons. The molecule has 0 aliphatic carbocycles. The second kappa shape index (κ2) is 4.50. The maximum atomic E-state index is 12.4. The Morgan fingerprint density at radius 2 is 2.21 bits per heavy atom. The zero-order valence-electron chi connectivity index (χ0n) is 9.42. The van der Waals surface area contributed by atoms with Crippen molar-refractivity contribution in [2.24, 2.45) is 5.73 Å². The first-order valence-corrected chi connectivity index (χ1v) is 5.17. The van der Waals surface area contributed by atoms with Gasteiger partial charge in [0.2, 0.25) is 0 Å². The zero-order chi connectivity index (χ0) is 14.2. The number of halogens is 3. The topological polar surface area (TPSA) is 93.5 Å². The molecule has 0 fully saturated rings. The predicted molar refractivity (Wildman–Crippen MR) is 57.3 cm³/mol. The molecule has 19 heavy (non-hydrogen) atoms. The largest absolute Gasteiger partial charge is 0.480 e. The lowest BCUT2D eigenvalue weighted by molar-refractivity contribution is -0.141. The van der Waals surface area contributed by atoms with E-state index in [-0.39, 0.29) is 12.1 Å². The minimum Gasteiger partial charge on any atom is -0.480 e. The summed E-state index contributed by atoms with van der Waals surface area (Å²) in [7, 11) is 0. The number of aromatic nitrogens is 3. The summed E-state index contributed by atoms with van der Waals surface area (Å²) in [4.78, 5) is 14.4. The van der Waals surface area contributed by atoms with Crippen molar-refractivity contribution in [3.8, 4) is 0 Å². The third-order valence-electron chi connectivity index (χ3n) is 2.43. The number of carbonyl (C=O) groups is 1. The van der Waals surface area contributed by atoms with Crippen LogP contribution in [0.25, 0.3) is 5.65 Å². The van der Waals surface area contributed by atoms with Crippen molar-refractivity contribution in [2.45, 2.75) is 18.6 Å². The first kappa shape index (κ1) is 13.3. The number of hydrogen-bond acceptors (Lipinski definition) is 4. The van der Waals surface area contributed by atoms with Crippen LogP contribution in [0.1, 0.15) is 11.3 Å². The van der Waals surface area contributed by atoms with Gasteiger partial charge < -0.3 is 10.8 Å². The van der Waals surface area contributed by atoms with Gasteiger partial charge >= 0.3 is 12.1 Å².